The van der Waals surface area contributed by atoms with Gasteiger partial charge in [0.25, 0.3) is 5.91 Å². The van der Waals surface area contributed by atoms with Crippen LogP contribution in [0, 0.1) is 0 Å². The number of carbonyl (C=O) groups is 1. The summed E-state index contributed by atoms with van der Waals surface area (Å²) in [6.45, 7) is 0. The van der Waals surface area contributed by atoms with Gasteiger partial charge in [0.05, 0.1) is 5.69 Å². The second-order valence-electron chi connectivity index (χ2n) is 7.32. The molecule has 0 spiro atoms. The van der Waals surface area contributed by atoms with E-state index in [0.717, 1.165) is 42.4 Å². The summed E-state index contributed by atoms with van der Waals surface area (Å²) in [6.07, 6.45) is 10.2. The van der Waals surface area contributed by atoms with Crippen molar-refractivity contribution in [3.63, 3.8) is 0 Å². The van der Waals surface area contributed by atoms with Crippen molar-refractivity contribution in [1.29, 1.82) is 0 Å². The minimum atomic E-state index is -0.115. The lowest BCUT2D eigenvalue weighted by molar-refractivity contribution is 0.102. The summed E-state index contributed by atoms with van der Waals surface area (Å²) in [7, 11) is 0. The molecule has 1 fully saturated rings. The van der Waals surface area contributed by atoms with E-state index in [2.05, 4.69) is 15.3 Å². The number of pyridine rings is 1. The number of fused-ring (bicyclic) bond motifs is 1. The van der Waals surface area contributed by atoms with Gasteiger partial charge in [-0.05, 0) is 55.5 Å². The summed E-state index contributed by atoms with van der Waals surface area (Å²) in [5.41, 5.74) is 9.86. The highest BCUT2D eigenvalue weighted by Gasteiger charge is 2.28. The number of benzene rings is 1. The molecule has 0 bridgehead atoms. The van der Waals surface area contributed by atoms with Crippen LogP contribution in [0.2, 0.25) is 0 Å². The zero-order valence-corrected chi connectivity index (χ0v) is 14.8. The molecule has 2 heterocycles. The largest absolute Gasteiger partial charge is 0.346 e. The first kappa shape index (κ1) is 16.8. The van der Waals surface area contributed by atoms with Crippen LogP contribution in [0.15, 0.2) is 48.8 Å². The highest BCUT2D eigenvalue weighted by Crippen LogP contribution is 2.31. The molecule has 0 saturated heterocycles. The molecule has 1 saturated carbocycles. The van der Waals surface area contributed by atoms with Gasteiger partial charge in [-0.1, -0.05) is 25.0 Å². The summed E-state index contributed by atoms with van der Waals surface area (Å²) >= 11 is 0. The van der Waals surface area contributed by atoms with Crippen LogP contribution in [-0.4, -0.2) is 21.4 Å². The number of amides is 1. The monoisotopic (exact) mass is 348 g/mol. The molecule has 2 aromatic heterocycles. The van der Waals surface area contributed by atoms with Crippen molar-refractivity contribution in [3.05, 3.63) is 59.9 Å². The second-order valence-corrected chi connectivity index (χ2v) is 7.32. The number of carbonyl (C=O) groups excluding carboxylic acids is 1. The summed E-state index contributed by atoms with van der Waals surface area (Å²) in [4.78, 5) is 19.8. The zero-order valence-electron chi connectivity index (χ0n) is 14.8. The Hall–Kier alpha value is -2.66. The first-order chi connectivity index (χ1) is 12.6. The molecule has 0 atom stereocenters. The lowest BCUT2D eigenvalue weighted by atomic mass is 9.90. The molecule has 26 heavy (non-hydrogen) atoms. The highest BCUT2D eigenvalue weighted by molar-refractivity contribution is 6.08. The number of nitrogens with zero attached hydrogens (tertiary/aromatic N) is 1. The average Bonchev–Trinajstić information content (AvgIpc) is 3.30. The van der Waals surface area contributed by atoms with E-state index in [0.29, 0.717) is 5.56 Å². The van der Waals surface area contributed by atoms with Gasteiger partial charge in [0.1, 0.15) is 5.65 Å². The number of nitrogens with two attached hydrogens (primary N) is 1. The zero-order chi connectivity index (χ0) is 18.0. The molecule has 134 valence electrons. The second kappa shape index (κ2) is 6.92. The Morgan fingerprint density at radius 1 is 1.15 bits per heavy atom. The Kier molecular flexibility index (Phi) is 4.47. The van der Waals surface area contributed by atoms with E-state index in [1.165, 1.54) is 18.4 Å². The fourth-order valence-corrected chi connectivity index (χ4v) is 3.81. The standard InChI is InChI=1S/C21H24N4O/c22-21(10-1-2-11-21)12-7-15-3-5-16(6-4-15)20(26)25-18-9-14-24-19-17(18)8-13-23-19/h3-6,8-9,13-14H,1-2,7,10-12,22H2,(H2,23,24,25,26). The van der Waals surface area contributed by atoms with E-state index >= 15 is 0 Å². The molecule has 1 amide bonds. The Morgan fingerprint density at radius 3 is 2.69 bits per heavy atom. The van der Waals surface area contributed by atoms with Crippen molar-refractivity contribution in [2.45, 2.75) is 44.1 Å². The Morgan fingerprint density at radius 2 is 1.92 bits per heavy atom. The van der Waals surface area contributed by atoms with Gasteiger partial charge >= 0.3 is 0 Å². The van der Waals surface area contributed by atoms with Gasteiger partial charge in [-0.15, -0.1) is 0 Å². The van der Waals surface area contributed by atoms with Crippen LogP contribution >= 0.6 is 0 Å². The van der Waals surface area contributed by atoms with Gasteiger partial charge in [-0.25, -0.2) is 4.98 Å². The lowest BCUT2D eigenvalue weighted by Gasteiger charge is -2.23. The predicted octanol–water partition coefficient (Wildman–Crippen LogP) is 4.02. The number of H-pyrrole nitrogens is 1. The molecule has 0 radical (unpaired) electrons. The minimum Gasteiger partial charge on any atom is -0.346 e. The molecule has 0 unspecified atom stereocenters. The number of aromatic nitrogens is 2. The number of hydrogen-bond acceptors (Lipinski definition) is 3. The molecule has 1 aliphatic rings. The number of rotatable bonds is 5. The molecule has 1 aliphatic carbocycles. The van der Waals surface area contributed by atoms with Crippen LogP contribution in [-0.2, 0) is 6.42 Å². The lowest BCUT2D eigenvalue weighted by Crippen LogP contribution is -2.36. The van der Waals surface area contributed by atoms with E-state index in [1.807, 2.05) is 42.6 Å². The average molecular weight is 348 g/mol. The van der Waals surface area contributed by atoms with Gasteiger partial charge < -0.3 is 16.0 Å². The fraction of sp³-hybridized carbons (Fsp3) is 0.333. The van der Waals surface area contributed by atoms with Crippen LogP contribution in [0.25, 0.3) is 11.0 Å². The Balaban J connectivity index is 1.41. The maximum atomic E-state index is 12.5. The molecular formula is C21H24N4O. The van der Waals surface area contributed by atoms with Crippen molar-refractivity contribution in [2.24, 2.45) is 5.73 Å². The number of hydrogen-bond donors (Lipinski definition) is 3. The first-order valence-corrected chi connectivity index (χ1v) is 9.24. The van der Waals surface area contributed by atoms with Crippen LogP contribution in [0.5, 0.6) is 0 Å². The molecule has 4 rings (SSSR count). The van der Waals surface area contributed by atoms with Crippen molar-refractivity contribution in [2.75, 3.05) is 5.32 Å². The maximum absolute atomic E-state index is 12.5. The van der Waals surface area contributed by atoms with Crippen LogP contribution in [0.1, 0.15) is 48.0 Å². The first-order valence-electron chi connectivity index (χ1n) is 9.24. The number of nitrogens with one attached hydrogen (secondary N) is 2. The third kappa shape index (κ3) is 3.48. The van der Waals surface area contributed by atoms with Crippen LogP contribution in [0.4, 0.5) is 5.69 Å². The third-order valence-corrected chi connectivity index (χ3v) is 5.44. The maximum Gasteiger partial charge on any atom is 0.255 e. The quantitative estimate of drug-likeness (QED) is 0.651. The van der Waals surface area contributed by atoms with Crippen LogP contribution in [0.3, 0.4) is 0 Å². The van der Waals surface area contributed by atoms with Crippen molar-refractivity contribution in [1.82, 2.24) is 9.97 Å². The van der Waals surface area contributed by atoms with E-state index in [9.17, 15) is 4.79 Å². The Labute approximate surface area is 153 Å². The van der Waals surface area contributed by atoms with Gasteiger partial charge in [0.2, 0.25) is 0 Å². The molecule has 4 N–H and O–H groups in total. The molecule has 0 aliphatic heterocycles. The summed E-state index contributed by atoms with van der Waals surface area (Å²) in [6, 6.07) is 11.6. The van der Waals surface area contributed by atoms with Crippen molar-refractivity contribution >= 4 is 22.6 Å². The van der Waals surface area contributed by atoms with E-state index in [-0.39, 0.29) is 11.4 Å². The SMILES string of the molecule is NC1(CCc2ccc(C(=O)Nc3ccnc4[nH]ccc34)cc2)CCCC1. The van der Waals surface area contributed by atoms with Crippen LogP contribution < -0.4 is 11.1 Å². The predicted molar refractivity (Wildman–Crippen MR) is 104 cm³/mol. The summed E-state index contributed by atoms with van der Waals surface area (Å²) in [5, 5.41) is 3.88. The van der Waals surface area contributed by atoms with E-state index < -0.39 is 0 Å². The highest BCUT2D eigenvalue weighted by atomic mass is 16.1. The number of anilines is 1. The Bertz CT molecular complexity index is 907. The molecule has 5 nitrogen and oxygen atoms in total. The number of aromatic amines is 1. The van der Waals surface area contributed by atoms with Crippen molar-refractivity contribution in [3.8, 4) is 0 Å². The minimum absolute atomic E-state index is 0.0132. The normalized spacial score (nSPS) is 16.0. The topological polar surface area (TPSA) is 83.8 Å². The van der Waals surface area contributed by atoms with Crippen molar-refractivity contribution < 1.29 is 4.79 Å². The summed E-state index contributed by atoms with van der Waals surface area (Å²) in [5.74, 6) is -0.115. The number of aryl methyl sites for hydroxylation is 1. The molecular weight excluding hydrogens is 324 g/mol. The molecule has 1 aromatic carbocycles. The van der Waals surface area contributed by atoms with Gasteiger partial charge in [-0.2, -0.15) is 0 Å². The fourth-order valence-electron chi connectivity index (χ4n) is 3.81. The molecule has 3 aromatic rings. The van der Waals surface area contributed by atoms with Gasteiger partial charge in [0, 0.05) is 28.9 Å². The van der Waals surface area contributed by atoms with E-state index in [1.54, 1.807) is 6.20 Å². The van der Waals surface area contributed by atoms with Gasteiger partial charge in [0.15, 0.2) is 0 Å². The third-order valence-electron chi connectivity index (χ3n) is 5.44. The van der Waals surface area contributed by atoms with Gasteiger partial charge in [-0.3, -0.25) is 4.79 Å². The molecule has 5 heteroatoms. The summed E-state index contributed by atoms with van der Waals surface area (Å²) < 4.78 is 0. The van der Waals surface area contributed by atoms with E-state index in [4.69, 9.17) is 5.73 Å². The smallest absolute Gasteiger partial charge is 0.255 e.